The van der Waals surface area contributed by atoms with Crippen LogP contribution in [0.2, 0.25) is 0 Å². The number of carbonyl (C=O) groups excluding carboxylic acids is 1. The summed E-state index contributed by atoms with van der Waals surface area (Å²) in [6, 6.07) is 21.1. The minimum absolute atomic E-state index is 0.186. The fraction of sp³-hybridized carbons (Fsp3) is 0.0952. The van der Waals surface area contributed by atoms with Crippen LogP contribution in [0.15, 0.2) is 71.5 Å². The standard InChI is InChI=1S/C21H17N3O3/c22-13-12-15-8-10-17(11-9-15)27-14-16-4-1-2-5-18(16)24-21(26)19-6-3-7-20(25)23-19/h1-11H,12,14H2,(H,23,25)(H,24,26). The van der Waals surface area contributed by atoms with Crippen molar-refractivity contribution >= 4 is 11.6 Å². The van der Waals surface area contributed by atoms with Crippen molar-refractivity contribution in [1.29, 1.82) is 5.26 Å². The monoisotopic (exact) mass is 359 g/mol. The Morgan fingerprint density at radius 2 is 1.81 bits per heavy atom. The first-order chi connectivity index (χ1) is 13.2. The Bertz CT molecular complexity index is 1030. The number of ether oxygens (including phenoxy) is 1. The number of pyridine rings is 1. The maximum Gasteiger partial charge on any atom is 0.272 e. The van der Waals surface area contributed by atoms with E-state index in [0.717, 1.165) is 11.1 Å². The van der Waals surface area contributed by atoms with Gasteiger partial charge in [-0.05, 0) is 29.8 Å². The largest absolute Gasteiger partial charge is 0.489 e. The van der Waals surface area contributed by atoms with E-state index in [1.54, 1.807) is 12.1 Å². The number of H-pyrrole nitrogens is 1. The molecule has 134 valence electrons. The molecule has 0 fully saturated rings. The lowest BCUT2D eigenvalue weighted by Gasteiger charge is -2.12. The molecule has 27 heavy (non-hydrogen) atoms. The molecule has 6 nitrogen and oxygen atoms in total. The number of nitrogens with one attached hydrogen (secondary N) is 2. The number of amides is 1. The van der Waals surface area contributed by atoms with Crippen LogP contribution in [-0.4, -0.2) is 10.9 Å². The molecular weight excluding hydrogens is 342 g/mol. The Kier molecular flexibility index (Phi) is 5.65. The van der Waals surface area contributed by atoms with Gasteiger partial charge in [-0.1, -0.05) is 36.4 Å². The Labute approximate surface area is 156 Å². The number of anilines is 1. The molecule has 0 saturated heterocycles. The molecule has 3 aromatic rings. The number of aromatic amines is 1. The molecular formula is C21H17N3O3. The lowest BCUT2D eigenvalue weighted by molar-refractivity contribution is 0.102. The van der Waals surface area contributed by atoms with E-state index in [-0.39, 0.29) is 17.9 Å². The van der Waals surface area contributed by atoms with Gasteiger partial charge in [0.15, 0.2) is 0 Å². The number of benzene rings is 2. The second-order valence-electron chi connectivity index (χ2n) is 5.81. The van der Waals surface area contributed by atoms with E-state index in [2.05, 4.69) is 16.4 Å². The highest BCUT2D eigenvalue weighted by Crippen LogP contribution is 2.20. The van der Waals surface area contributed by atoms with Crippen LogP contribution in [-0.2, 0) is 13.0 Å². The van der Waals surface area contributed by atoms with Crippen molar-refractivity contribution in [2.45, 2.75) is 13.0 Å². The van der Waals surface area contributed by atoms with Gasteiger partial charge in [-0.25, -0.2) is 0 Å². The minimum Gasteiger partial charge on any atom is -0.489 e. The summed E-state index contributed by atoms with van der Waals surface area (Å²) in [4.78, 5) is 26.2. The normalized spacial score (nSPS) is 10.0. The van der Waals surface area contributed by atoms with Gasteiger partial charge < -0.3 is 15.0 Å². The quantitative estimate of drug-likeness (QED) is 0.706. The van der Waals surface area contributed by atoms with Crippen LogP contribution in [0.3, 0.4) is 0 Å². The van der Waals surface area contributed by atoms with E-state index in [4.69, 9.17) is 10.00 Å². The van der Waals surface area contributed by atoms with E-state index in [0.29, 0.717) is 17.9 Å². The molecule has 2 aromatic carbocycles. The third-order valence-electron chi connectivity index (χ3n) is 3.88. The van der Waals surface area contributed by atoms with Crippen LogP contribution >= 0.6 is 0 Å². The summed E-state index contributed by atoms with van der Waals surface area (Å²) in [6.07, 6.45) is 0.358. The average Bonchev–Trinajstić information content (AvgIpc) is 2.68. The predicted octanol–water partition coefficient (Wildman–Crippen LogP) is 3.27. The number of hydrogen-bond acceptors (Lipinski definition) is 4. The Morgan fingerprint density at radius 3 is 2.56 bits per heavy atom. The number of aromatic nitrogens is 1. The summed E-state index contributed by atoms with van der Waals surface area (Å²) in [7, 11) is 0. The van der Waals surface area contributed by atoms with Crippen molar-refractivity contribution in [3.8, 4) is 11.8 Å². The Balaban J connectivity index is 1.69. The van der Waals surface area contributed by atoms with Gasteiger partial charge in [0.1, 0.15) is 18.1 Å². The molecule has 1 heterocycles. The fourth-order valence-corrected chi connectivity index (χ4v) is 2.49. The Hall–Kier alpha value is -3.85. The van der Waals surface area contributed by atoms with Crippen molar-refractivity contribution in [2.24, 2.45) is 0 Å². The zero-order chi connectivity index (χ0) is 19.1. The fourth-order valence-electron chi connectivity index (χ4n) is 2.49. The third-order valence-corrected chi connectivity index (χ3v) is 3.88. The van der Waals surface area contributed by atoms with Gasteiger partial charge in [0, 0.05) is 17.3 Å². The van der Waals surface area contributed by atoms with E-state index >= 15 is 0 Å². The first-order valence-corrected chi connectivity index (χ1v) is 8.33. The SMILES string of the molecule is N#CCc1ccc(OCc2ccccc2NC(=O)c2cccc(=O)[nH]2)cc1. The smallest absolute Gasteiger partial charge is 0.272 e. The minimum atomic E-state index is -0.402. The van der Waals surface area contributed by atoms with Crippen LogP contribution in [0.1, 0.15) is 21.6 Å². The highest BCUT2D eigenvalue weighted by atomic mass is 16.5. The van der Waals surface area contributed by atoms with E-state index in [1.807, 2.05) is 42.5 Å². The molecule has 0 aliphatic rings. The average molecular weight is 359 g/mol. The first kappa shape index (κ1) is 18.0. The maximum atomic E-state index is 12.3. The molecule has 3 rings (SSSR count). The maximum absolute atomic E-state index is 12.3. The van der Waals surface area contributed by atoms with Gasteiger partial charge in [-0.15, -0.1) is 0 Å². The summed E-state index contributed by atoms with van der Waals surface area (Å²) in [6.45, 7) is 0.263. The van der Waals surface area contributed by atoms with Crippen molar-refractivity contribution in [3.05, 3.63) is 93.9 Å². The van der Waals surface area contributed by atoms with Gasteiger partial charge in [-0.3, -0.25) is 9.59 Å². The summed E-state index contributed by atoms with van der Waals surface area (Å²) in [5, 5.41) is 11.5. The number of carbonyl (C=O) groups is 1. The molecule has 0 radical (unpaired) electrons. The molecule has 1 aromatic heterocycles. The third kappa shape index (κ3) is 4.83. The summed E-state index contributed by atoms with van der Waals surface area (Å²) >= 11 is 0. The Morgan fingerprint density at radius 1 is 1.04 bits per heavy atom. The van der Waals surface area contributed by atoms with E-state index in [1.165, 1.54) is 12.1 Å². The summed E-state index contributed by atoms with van der Waals surface area (Å²) in [5.41, 5.74) is 2.18. The molecule has 0 unspecified atom stereocenters. The van der Waals surface area contributed by atoms with Gasteiger partial charge in [0.2, 0.25) is 5.56 Å². The molecule has 0 atom stereocenters. The topological polar surface area (TPSA) is 95.0 Å². The predicted molar refractivity (Wildman–Crippen MR) is 102 cm³/mol. The van der Waals surface area contributed by atoms with Gasteiger partial charge in [0.05, 0.1) is 12.5 Å². The van der Waals surface area contributed by atoms with Gasteiger partial charge >= 0.3 is 0 Å². The highest BCUT2D eigenvalue weighted by molar-refractivity contribution is 6.03. The van der Waals surface area contributed by atoms with Crippen LogP contribution < -0.4 is 15.6 Å². The number of para-hydroxylation sites is 1. The molecule has 0 saturated carbocycles. The van der Waals surface area contributed by atoms with Gasteiger partial charge in [-0.2, -0.15) is 5.26 Å². The second kappa shape index (κ2) is 8.50. The zero-order valence-electron chi connectivity index (χ0n) is 14.4. The van der Waals surface area contributed by atoms with E-state index in [9.17, 15) is 9.59 Å². The first-order valence-electron chi connectivity index (χ1n) is 8.33. The number of nitrogens with zero attached hydrogens (tertiary/aromatic N) is 1. The molecule has 0 aliphatic carbocycles. The molecule has 0 bridgehead atoms. The number of nitriles is 1. The molecule has 0 spiro atoms. The zero-order valence-corrected chi connectivity index (χ0v) is 14.4. The lowest BCUT2D eigenvalue weighted by atomic mass is 10.1. The van der Waals surface area contributed by atoms with Crippen LogP contribution in [0.25, 0.3) is 0 Å². The van der Waals surface area contributed by atoms with Gasteiger partial charge in [0.25, 0.3) is 5.91 Å². The van der Waals surface area contributed by atoms with Crippen LogP contribution in [0, 0.1) is 11.3 Å². The van der Waals surface area contributed by atoms with Crippen molar-refractivity contribution in [2.75, 3.05) is 5.32 Å². The van der Waals surface area contributed by atoms with Crippen molar-refractivity contribution in [1.82, 2.24) is 4.98 Å². The number of hydrogen-bond donors (Lipinski definition) is 2. The molecule has 2 N–H and O–H groups in total. The molecule has 1 amide bonds. The van der Waals surface area contributed by atoms with Crippen LogP contribution in [0.5, 0.6) is 5.75 Å². The van der Waals surface area contributed by atoms with Crippen molar-refractivity contribution in [3.63, 3.8) is 0 Å². The van der Waals surface area contributed by atoms with Crippen molar-refractivity contribution < 1.29 is 9.53 Å². The van der Waals surface area contributed by atoms with Crippen LogP contribution in [0.4, 0.5) is 5.69 Å². The number of rotatable bonds is 6. The highest BCUT2D eigenvalue weighted by Gasteiger charge is 2.10. The second-order valence-corrected chi connectivity index (χ2v) is 5.81. The van der Waals surface area contributed by atoms with E-state index < -0.39 is 5.91 Å². The molecule has 6 heteroatoms. The molecule has 0 aliphatic heterocycles. The summed E-state index contributed by atoms with van der Waals surface area (Å²) < 4.78 is 5.78. The summed E-state index contributed by atoms with van der Waals surface area (Å²) in [5.74, 6) is 0.270. The lowest BCUT2D eigenvalue weighted by Crippen LogP contribution is -2.18.